The Morgan fingerprint density at radius 3 is 2.24 bits per heavy atom. The Balaban J connectivity index is 3.03. The highest BCUT2D eigenvalue weighted by molar-refractivity contribution is 5.79. The highest BCUT2D eigenvalue weighted by Crippen LogP contribution is 2.29. The average Bonchev–Trinajstić information content (AvgIpc) is 3.26. The molecule has 1 saturated heterocycles. The second-order valence-corrected chi connectivity index (χ2v) is 9.54. The highest BCUT2D eigenvalue weighted by atomic mass is 16.5. The number of nitrogens with zero attached hydrogens (tertiary/aromatic N) is 3. The van der Waals surface area contributed by atoms with Crippen LogP contribution in [0.1, 0.15) is 52.9 Å². The van der Waals surface area contributed by atoms with E-state index in [1.165, 1.54) is 7.11 Å². The topological polar surface area (TPSA) is 99.6 Å². The van der Waals surface area contributed by atoms with Gasteiger partial charge in [-0.1, -0.05) is 20.3 Å². The van der Waals surface area contributed by atoms with Crippen molar-refractivity contribution in [3.05, 3.63) is 0 Å². The molecule has 192 valence electrons. The summed E-state index contributed by atoms with van der Waals surface area (Å²) in [7, 11) is 8.73. The number of amides is 2. The van der Waals surface area contributed by atoms with Crippen LogP contribution in [-0.2, 0) is 23.9 Å². The Kier molecular flexibility index (Phi) is 12.3. The molecule has 0 aromatic carbocycles. The monoisotopic (exact) mass is 471 g/mol. The van der Waals surface area contributed by atoms with Gasteiger partial charge in [0, 0.05) is 40.8 Å². The number of methoxy groups -OCH3 is 2. The molecular formula is C24H45N3O6. The maximum Gasteiger partial charge on any atom is 0.308 e. The first-order valence-electron chi connectivity index (χ1n) is 12.0. The fourth-order valence-corrected chi connectivity index (χ4v) is 4.81. The molecular weight excluding hydrogens is 426 g/mol. The first kappa shape index (κ1) is 29.3. The Morgan fingerprint density at radius 2 is 1.76 bits per heavy atom. The van der Waals surface area contributed by atoms with Crippen LogP contribution in [0.15, 0.2) is 0 Å². The second kappa shape index (κ2) is 13.9. The fraction of sp³-hybridized carbons (Fsp3) is 0.875. The second-order valence-electron chi connectivity index (χ2n) is 9.54. The van der Waals surface area contributed by atoms with Gasteiger partial charge in [-0.3, -0.25) is 14.4 Å². The molecule has 6 atom stereocenters. The standard InChI is InChI=1S/C24H45N3O6/c1-9-16(2)22(26(6)20(28)12-14-25(4)5)19(32-7)15-21(29)27-13-10-11-18(27)23(33-8)17(3)24(30)31/h16-19,22-23H,9-15H2,1-8H3,(H,30,31). The fourth-order valence-electron chi connectivity index (χ4n) is 4.81. The Morgan fingerprint density at radius 1 is 1.12 bits per heavy atom. The minimum absolute atomic E-state index is 0.0253. The van der Waals surface area contributed by atoms with Crippen molar-refractivity contribution < 1.29 is 29.0 Å². The van der Waals surface area contributed by atoms with E-state index in [1.54, 1.807) is 30.9 Å². The largest absolute Gasteiger partial charge is 0.481 e. The zero-order chi connectivity index (χ0) is 25.3. The number of hydrogen-bond donors (Lipinski definition) is 1. The van der Waals surface area contributed by atoms with Crippen LogP contribution in [0.3, 0.4) is 0 Å². The molecule has 1 heterocycles. The van der Waals surface area contributed by atoms with E-state index in [0.29, 0.717) is 25.9 Å². The number of likely N-dealkylation sites (N-methyl/N-ethyl adjacent to an activating group) is 1. The summed E-state index contributed by atoms with van der Waals surface area (Å²) in [5, 5.41) is 9.46. The van der Waals surface area contributed by atoms with Crippen molar-refractivity contribution in [3.8, 4) is 0 Å². The number of carboxylic acids is 1. The maximum atomic E-state index is 13.4. The molecule has 0 aliphatic carbocycles. The van der Waals surface area contributed by atoms with E-state index >= 15 is 0 Å². The molecule has 0 saturated carbocycles. The van der Waals surface area contributed by atoms with Crippen LogP contribution in [0.4, 0.5) is 0 Å². The van der Waals surface area contributed by atoms with Crippen molar-refractivity contribution in [3.63, 3.8) is 0 Å². The predicted octanol–water partition coefficient (Wildman–Crippen LogP) is 1.94. The molecule has 9 heteroatoms. The molecule has 0 aromatic heterocycles. The minimum atomic E-state index is -0.939. The van der Waals surface area contributed by atoms with Gasteiger partial charge in [0.05, 0.1) is 36.6 Å². The smallest absolute Gasteiger partial charge is 0.308 e. The zero-order valence-corrected chi connectivity index (χ0v) is 21.7. The van der Waals surface area contributed by atoms with E-state index < -0.39 is 24.1 Å². The molecule has 9 nitrogen and oxygen atoms in total. The van der Waals surface area contributed by atoms with Gasteiger partial charge in [-0.25, -0.2) is 0 Å². The van der Waals surface area contributed by atoms with Gasteiger partial charge < -0.3 is 29.3 Å². The lowest BCUT2D eigenvalue weighted by Crippen LogP contribution is -2.52. The summed E-state index contributed by atoms with van der Waals surface area (Å²) in [6.45, 7) is 6.98. The molecule has 1 rings (SSSR count). The molecule has 0 bridgehead atoms. The predicted molar refractivity (Wildman–Crippen MR) is 127 cm³/mol. The number of carboxylic acid groups (broad SMARTS) is 1. The molecule has 6 unspecified atom stereocenters. The third-order valence-corrected chi connectivity index (χ3v) is 7.05. The van der Waals surface area contributed by atoms with E-state index in [4.69, 9.17) is 9.47 Å². The SMILES string of the molecule is CCC(C)C(C(CC(=O)N1CCCC1C(OC)C(C)C(=O)O)OC)N(C)C(=O)CCN(C)C. The molecule has 2 amide bonds. The number of carbonyl (C=O) groups is 3. The third kappa shape index (κ3) is 7.93. The highest BCUT2D eigenvalue weighted by Gasteiger charge is 2.41. The van der Waals surface area contributed by atoms with Crippen molar-refractivity contribution in [2.75, 3.05) is 48.5 Å². The maximum absolute atomic E-state index is 13.4. The number of aliphatic carboxylic acids is 1. The van der Waals surface area contributed by atoms with Crippen LogP contribution in [-0.4, -0.2) is 110 Å². The van der Waals surface area contributed by atoms with Crippen LogP contribution in [0.5, 0.6) is 0 Å². The van der Waals surface area contributed by atoms with Crippen LogP contribution >= 0.6 is 0 Å². The lowest BCUT2D eigenvalue weighted by molar-refractivity contribution is -0.151. The van der Waals surface area contributed by atoms with Crippen LogP contribution in [0, 0.1) is 11.8 Å². The van der Waals surface area contributed by atoms with Gasteiger partial charge in [0.15, 0.2) is 0 Å². The van der Waals surface area contributed by atoms with Gasteiger partial charge in [-0.05, 0) is 39.8 Å². The van der Waals surface area contributed by atoms with E-state index in [0.717, 1.165) is 12.8 Å². The van der Waals surface area contributed by atoms with E-state index in [9.17, 15) is 19.5 Å². The van der Waals surface area contributed by atoms with Gasteiger partial charge in [-0.2, -0.15) is 0 Å². The van der Waals surface area contributed by atoms with Gasteiger partial charge in [0.25, 0.3) is 0 Å². The van der Waals surface area contributed by atoms with E-state index in [2.05, 4.69) is 13.8 Å². The third-order valence-electron chi connectivity index (χ3n) is 7.05. The molecule has 1 N–H and O–H groups in total. The Labute approximate surface area is 199 Å². The van der Waals surface area contributed by atoms with Crippen LogP contribution in [0.2, 0.25) is 0 Å². The van der Waals surface area contributed by atoms with Crippen molar-refractivity contribution in [1.82, 2.24) is 14.7 Å². The Bertz CT molecular complexity index is 644. The molecule has 33 heavy (non-hydrogen) atoms. The first-order valence-corrected chi connectivity index (χ1v) is 12.0. The number of hydrogen-bond acceptors (Lipinski definition) is 6. The van der Waals surface area contributed by atoms with Crippen molar-refractivity contribution in [2.24, 2.45) is 11.8 Å². The first-order chi connectivity index (χ1) is 15.5. The van der Waals surface area contributed by atoms with Crippen molar-refractivity contribution in [1.29, 1.82) is 0 Å². The lowest BCUT2D eigenvalue weighted by atomic mass is 9.90. The van der Waals surface area contributed by atoms with Crippen LogP contribution < -0.4 is 0 Å². The van der Waals surface area contributed by atoms with Crippen LogP contribution in [0.25, 0.3) is 0 Å². The minimum Gasteiger partial charge on any atom is -0.481 e. The normalized spacial score (nSPS) is 20.9. The molecule has 1 fully saturated rings. The quantitative estimate of drug-likeness (QED) is 0.413. The summed E-state index contributed by atoms with van der Waals surface area (Å²) in [6, 6.07) is -0.525. The average molecular weight is 472 g/mol. The van der Waals surface area contributed by atoms with Gasteiger partial charge in [-0.15, -0.1) is 0 Å². The summed E-state index contributed by atoms with van der Waals surface area (Å²) >= 11 is 0. The zero-order valence-electron chi connectivity index (χ0n) is 21.7. The number of rotatable bonds is 14. The summed E-state index contributed by atoms with van der Waals surface area (Å²) in [5.74, 6) is -1.58. The summed E-state index contributed by atoms with van der Waals surface area (Å²) in [5.41, 5.74) is 0. The number of likely N-dealkylation sites (tertiary alicyclic amines) is 1. The number of carbonyl (C=O) groups excluding carboxylic acids is 2. The van der Waals surface area contributed by atoms with Crippen molar-refractivity contribution >= 4 is 17.8 Å². The van der Waals surface area contributed by atoms with Gasteiger partial charge >= 0.3 is 5.97 Å². The van der Waals surface area contributed by atoms with Gasteiger partial charge in [0.2, 0.25) is 11.8 Å². The molecule has 1 aliphatic heterocycles. The summed E-state index contributed by atoms with van der Waals surface area (Å²) in [4.78, 5) is 43.3. The Hall–Kier alpha value is -1.71. The van der Waals surface area contributed by atoms with E-state index in [1.807, 2.05) is 19.0 Å². The van der Waals surface area contributed by atoms with Crippen molar-refractivity contribution in [2.45, 2.75) is 77.2 Å². The lowest BCUT2D eigenvalue weighted by Gasteiger charge is -2.39. The molecule has 0 radical (unpaired) electrons. The summed E-state index contributed by atoms with van der Waals surface area (Å²) in [6.07, 6.45) is 1.85. The molecule has 1 aliphatic rings. The molecule has 0 aromatic rings. The summed E-state index contributed by atoms with van der Waals surface area (Å²) < 4.78 is 11.3. The number of ether oxygens (including phenoxy) is 2. The van der Waals surface area contributed by atoms with Gasteiger partial charge in [0.1, 0.15) is 0 Å². The molecule has 0 spiro atoms. The van der Waals surface area contributed by atoms with E-state index in [-0.39, 0.29) is 36.2 Å².